The van der Waals surface area contributed by atoms with Crippen LogP contribution in [0.5, 0.6) is 0 Å². The maximum Gasteiger partial charge on any atom is 0.186 e. The van der Waals surface area contributed by atoms with Crippen LogP contribution in [0, 0.1) is 0 Å². The molecule has 0 atom stereocenters. The molecule has 0 aliphatic heterocycles. The van der Waals surface area contributed by atoms with Gasteiger partial charge in [-0.05, 0) is 103 Å². The van der Waals surface area contributed by atoms with Gasteiger partial charge in [0.15, 0.2) is 11.6 Å². The highest BCUT2D eigenvalue weighted by molar-refractivity contribution is 6.35. The first-order valence-corrected chi connectivity index (χ1v) is 9.93. The van der Waals surface area contributed by atoms with Crippen LogP contribution in [0.4, 0.5) is 0 Å². The molecule has 30 heavy (non-hydrogen) atoms. The van der Waals surface area contributed by atoms with Crippen LogP contribution in [-0.2, 0) is 9.59 Å². The minimum absolute atomic E-state index is 0.132. The van der Waals surface area contributed by atoms with Crippen molar-refractivity contribution in [3.63, 3.8) is 0 Å². The third kappa shape index (κ3) is 2.58. The Balaban J connectivity index is 1.64. The molecule has 0 N–H and O–H groups in total. The Morgan fingerprint density at radius 3 is 1.77 bits per heavy atom. The molecule has 1 aliphatic rings. The molecule has 0 fully saturated rings. The van der Waals surface area contributed by atoms with Gasteiger partial charge in [-0.2, -0.15) is 0 Å². The fourth-order valence-electron chi connectivity index (χ4n) is 4.42. The molecule has 5 aromatic carbocycles. The molecule has 0 radical (unpaired) electrons. The average Bonchev–Trinajstić information content (AvgIpc) is 2.76. The molecule has 0 aromatic heterocycles. The van der Waals surface area contributed by atoms with Gasteiger partial charge >= 0.3 is 0 Å². The van der Waals surface area contributed by atoms with Crippen LogP contribution < -0.4 is 0 Å². The van der Waals surface area contributed by atoms with E-state index in [1.54, 1.807) is 0 Å². The monoisotopic (exact) mass is 384 g/mol. The van der Waals surface area contributed by atoms with Gasteiger partial charge in [-0.1, -0.05) is 42.5 Å². The largest absolute Gasteiger partial charge is 0.290 e. The van der Waals surface area contributed by atoms with E-state index in [-0.39, 0.29) is 11.6 Å². The Morgan fingerprint density at radius 2 is 1.07 bits per heavy atom. The summed E-state index contributed by atoms with van der Waals surface area (Å²) in [6.45, 7) is 0. The summed E-state index contributed by atoms with van der Waals surface area (Å²) in [7, 11) is 0. The molecule has 6 rings (SSSR count). The number of carbonyl (C=O) groups is 2. The highest BCUT2D eigenvalue weighted by atomic mass is 16.1. The van der Waals surface area contributed by atoms with Crippen molar-refractivity contribution >= 4 is 60.2 Å². The van der Waals surface area contributed by atoms with Crippen molar-refractivity contribution in [3.05, 3.63) is 103 Å². The van der Waals surface area contributed by atoms with E-state index in [0.717, 1.165) is 27.1 Å². The zero-order chi connectivity index (χ0) is 20.2. The molecule has 5 aromatic rings. The van der Waals surface area contributed by atoms with Crippen LogP contribution in [-0.4, -0.2) is 11.6 Å². The summed E-state index contributed by atoms with van der Waals surface area (Å²) in [5, 5.41) is 9.14. The van der Waals surface area contributed by atoms with Crippen LogP contribution in [0.1, 0.15) is 5.56 Å². The maximum absolute atomic E-state index is 12.4. The quantitative estimate of drug-likeness (QED) is 0.248. The smallest absolute Gasteiger partial charge is 0.186 e. The first-order valence-electron chi connectivity index (χ1n) is 9.93. The standard InChI is InChI=1S/C28H16O2/c29-24-8-9-28(30)27(16-24)25-7-3-6-19-12-22-13-20-10-17-4-1-2-5-18(17)11-21(20)14-23(22)15-26(19)25/h1-16H. The number of allylic oxidation sites excluding steroid dienone is 4. The van der Waals surface area contributed by atoms with E-state index in [1.165, 1.54) is 39.8 Å². The molecule has 0 heterocycles. The van der Waals surface area contributed by atoms with Crippen LogP contribution in [0.25, 0.3) is 48.7 Å². The summed E-state index contributed by atoms with van der Waals surface area (Å²) >= 11 is 0. The Labute approximate surface area is 172 Å². The SMILES string of the molecule is O=C1C=CC(=O)C(c2cccc3cc4cc5cc6ccccc6cc5cc4cc23)=C1. The minimum Gasteiger partial charge on any atom is -0.290 e. The predicted molar refractivity (Wildman–Crippen MR) is 124 cm³/mol. The van der Waals surface area contributed by atoms with E-state index in [4.69, 9.17) is 0 Å². The second-order valence-corrected chi connectivity index (χ2v) is 7.78. The second-order valence-electron chi connectivity index (χ2n) is 7.78. The molecule has 0 saturated heterocycles. The van der Waals surface area contributed by atoms with Crippen molar-refractivity contribution in [3.8, 4) is 0 Å². The van der Waals surface area contributed by atoms with Crippen molar-refractivity contribution < 1.29 is 9.59 Å². The van der Waals surface area contributed by atoms with Gasteiger partial charge in [-0.15, -0.1) is 0 Å². The Bertz CT molecular complexity index is 1620. The number of ketones is 2. The van der Waals surface area contributed by atoms with Crippen molar-refractivity contribution in [2.45, 2.75) is 0 Å². The van der Waals surface area contributed by atoms with Gasteiger partial charge in [0.25, 0.3) is 0 Å². The molecule has 0 bridgehead atoms. The van der Waals surface area contributed by atoms with Gasteiger partial charge < -0.3 is 0 Å². The number of rotatable bonds is 1. The summed E-state index contributed by atoms with van der Waals surface area (Å²) in [6.07, 6.45) is 4.12. The van der Waals surface area contributed by atoms with Crippen molar-refractivity contribution in [2.24, 2.45) is 0 Å². The lowest BCUT2D eigenvalue weighted by molar-refractivity contribution is -0.113. The minimum atomic E-state index is -0.153. The van der Waals surface area contributed by atoms with Crippen LogP contribution >= 0.6 is 0 Å². The maximum atomic E-state index is 12.4. The molecule has 140 valence electrons. The molecule has 2 nitrogen and oxygen atoms in total. The Kier molecular flexibility index (Phi) is 3.50. The summed E-state index contributed by atoms with van der Waals surface area (Å²) in [6, 6.07) is 27.5. The fourth-order valence-corrected chi connectivity index (χ4v) is 4.42. The zero-order valence-corrected chi connectivity index (χ0v) is 16.1. The highest BCUT2D eigenvalue weighted by Crippen LogP contribution is 2.33. The zero-order valence-electron chi connectivity index (χ0n) is 16.1. The normalized spacial score (nSPS) is 14.2. The molecule has 0 spiro atoms. The van der Waals surface area contributed by atoms with Crippen molar-refractivity contribution in [2.75, 3.05) is 0 Å². The van der Waals surface area contributed by atoms with Crippen molar-refractivity contribution in [1.82, 2.24) is 0 Å². The molecule has 2 heteroatoms. The number of fused-ring (bicyclic) bond motifs is 4. The summed E-state index contributed by atoms with van der Waals surface area (Å²) in [5.41, 5.74) is 1.26. The van der Waals surface area contributed by atoms with Crippen LogP contribution in [0.3, 0.4) is 0 Å². The topological polar surface area (TPSA) is 34.1 Å². The van der Waals surface area contributed by atoms with E-state index < -0.39 is 0 Å². The number of benzene rings is 5. The third-order valence-corrected chi connectivity index (χ3v) is 5.90. The summed E-state index contributed by atoms with van der Waals surface area (Å²) < 4.78 is 0. The summed E-state index contributed by atoms with van der Waals surface area (Å²) in [4.78, 5) is 24.3. The lowest BCUT2D eigenvalue weighted by Crippen LogP contribution is -2.06. The number of carbonyl (C=O) groups excluding carboxylic acids is 2. The van der Waals surface area contributed by atoms with Gasteiger partial charge in [0, 0.05) is 5.57 Å². The fraction of sp³-hybridized carbons (Fsp3) is 0. The van der Waals surface area contributed by atoms with Crippen LogP contribution in [0.15, 0.2) is 97.1 Å². The van der Waals surface area contributed by atoms with E-state index in [9.17, 15) is 9.59 Å². The van der Waals surface area contributed by atoms with Crippen molar-refractivity contribution in [1.29, 1.82) is 0 Å². The molecular weight excluding hydrogens is 368 g/mol. The van der Waals surface area contributed by atoms with E-state index in [1.807, 2.05) is 18.2 Å². The number of hydrogen-bond donors (Lipinski definition) is 0. The molecule has 0 unspecified atom stereocenters. The Morgan fingerprint density at radius 1 is 0.500 bits per heavy atom. The molecular formula is C28H16O2. The lowest BCUT2D eigenvalue weighted by atomic mass is 9.90. The predicted octanol–water partition coefficient (Wildman–Crippen LogP) is 6.39. The lowest BCUT2D eigenvalue weighted by Gasteiger charge is -2.12. The third-order valence-electron chi connectivity index (χ3n) is 5.90. The second kappa shape index (κ2) is 6.23. The van der Waals surface area contributed by atoms with Gasteiger partial charge in [-0.3, -0.25) is 9.59 Å². The van der Waals surface area contributed by atoms with Crippen LogP contribution in [0.2, 0.25) is 0 Å². The van der Waals surface area contributed by atoms with Gasteiger partial charge in [-0.25, -0.2) is 0 Å². The molecule has 1 aliphatic carbocycles. The first kappa shape index (κ1) is 16.9. The first-order chi connectivity index (χ1) is 14.7. The summed E-state index contributed by atoms with van der Waals surface area (Å²) in [5.74, 6) is -0.285. The van der Waals surface area contributed by atoms with E-state index in [2.05, 4.69) is 60.7 Å². The Hall–Kier alpha value is -4.04. The van der Waals surface area contributed by atoms with Gasteiger partial charge in [0.2, 0.25) is 0 Å². The van der Waals surface area contributed by atoms with E-state index in [0.29, 0.717) is 5.57 Å². The van der Waals surface area contributed by atoms with Gasteiger partial charge in [0.05, 0.1) is 0 Å². The average molecular weight is 384 g/mol. The van der Waals surface area contributed by atoms with E-state index >= 15 is 0 Å². The number of hydrogen-bond acceptors (Lipinski definition) is 2. The molecule has 0 saturated carbocycles. The van der Waals surface area contributed by atoms with Gasteiger partial charge in [0.1, 0.15) is 0 Å². The highest BCUT2D eigenvalue weighted by Gasteiger charge is 2.17. The molecule has 0 amide bonds.